The van der Waals surface area contributed by atoms with Gasteiger partial charge in [-0.3, -0.25) is 0 Å². The molecule has 8 aromatic rings. The Morgan fingerprint density at radius 3 is 1.72 bits per heavy atom. The van der Waals surface area contributed by atoms with Crippen LogP contribution in [0.1, 0.15) is 116 Å². The van der Waals surface area contributed by atoms with Crippen LogP contribution in [-0.4, -0.2) is 78.3 Å². The minimum Gasteiger partial charge on any atom is -0.444 e. The number of nitrogens with zero attached hydrogens (tertiary/aromatic N) is 6. The van der Waals surface area contributed by atoms with E-state index in [0.29, 0.717) is 0 Å². The summed E-state index contributed by atoms with van der Waals surface area (Å²) in [4.78, 5) is 51.5. The van der Waals surface area contributed by atoms with E-state index in [1.165, 1.54) is 19.2 Å². The van der Waals surface area contributed by atoms with Crippen molar-refractivity contribution < 1.29 is 19.1 Å². The van der Waals surface area contributed by atoms with Crippen molar-refractivity contribution in [2.75, 3.05) is 24.1 Å². The number of carbonyl (C=O) groups is 2. The lowest BCUT2D eigenvalue weighted by atomic mass is 9.94. The highest BCUT2D eigenvalue weighted by Crippen LogP contribution is 2.42. The summed E-state index contributed by atoms with van der Waals surface area (Å²) in [5.41, 5.74) is 13.1. The van der Waals surface area contributed by atoms with Gasteiger partial charge in [0.05, 0.1) is 42.2 Å². The van der Waals surface area contributed by atoms with Crippen molar-refractivity contribution in [3.63, 3.8) is 0 Å². The number of amides is 2. The number of ether oxygens (including phenoxy) is 2. The zero-order valence-corrected chi connectivity index (χ0v) is 44.5. The lowest BCUT2D eigenvalue weighted by Gasteiger charge is -2.33. The van der Waals surface area contributed by atoms with E-state index in [0.717, 1.165) is 105 Å². The maximum absolute atomic E-state index is 12.9. The number of likely N-dealkylation sites (tertiary alicyclic amines) is 2. The van der Waals surface area contributed by atoms with Crippen molar-refractivity contribution in [2.24, 2.45) is 0 Å². The highest BCUT2D eigenvalue weighted by Gasteiger charge is 2.36. The number of thiophene rings is 2. The van der Waals surface area contributed by atoms with Crippen molar-refractivity contribution in [2.45, 2.75) is 129 Å². The highest BCUT2D eigenvalue weighted by molar-refractivity contribution is 7.19. The summed E-state index contributed by atoms with van der Waals surface area (Å²) in [6.45, 7) is 17.2. The SMILES string of the molecule is CC1C(c2cc3c(Cl)ccnc3s2)CCCCN1C(=O)OC(C)(C)C.CC1C(c2cc3c(Nc4ccc5scnc5c4)ccnc3s2)CCCCN1C(=O)OC(C)(C)C.Nc1ccc2scnc2c1. The summed E-state index contributed by atoms with van der Waals surface area (Å²) in [5, 5.41) is 6.42. The molecule has 2 aliphatic rings. The first-order chi connectivity index (χ1) is 32.9. The Morgan fingerprint density at radius 1 is 0.667 bits per heavy atom. The molecule has 2 fully saturated rings. The number of carbonyl (C=O) groups excluding carboxylic acids is 2. The minimum absolute atomic E-state index is 0.0638. The van der Waals surface area contributed by atoms with Gasteiger partial charge in [-0.2, -0.15) is 0 Å². The van der Waals surface area contributed by atoms with Gasteiger partial charge in [0.15, 0.2) is 0 Å². The number of nitrogens with two attached hydrogens (primary N) is 1. The number of fused-ring (bicyclic) bond motifs is 4. The van der Waals surface area contributed by atoms with E-state index in [9.17, 15) is 9.59 Å². The van der Waals surface area contributed by atoms with Gasteiger partial charge in [-0.1, -0.05) is 24.4 Å². The number of hydrogen-bond acceptors (Lipinski definition) is 14. The van der Waals surface area contributed by atoms with E-state index in [1.54, 1.807) is 51.5 Å². The second-order valence-corrected chi connectivity index (χ2v) is 24.0. The summed E-state index contributed by atoms with van der Waals surface area (Å²) in [6, 6.07) is 20.4. The Kier molecular flexibility index (Phi) is 15.6. The fourth-order valence-corrected chi connectivity index (χ4v) is 13.0. The monoisotopic (exact) mass is 1020 g/mol. The van der Waals surface area contributed by atoms with Crippen LogP contribution in [0.3, 0.4) is 0 Å². The lowest BCUT2D eigenvalue weighted by Crippen LogP contribution is -2.44. The first-order valence-electron chi connectivity index (χ1n) is 23.5. The van der Waals surface area contributed by atoms with E-state index >= 15 is 0 Å². The zero-order valence-electron chi connectivity index (χ0n) is 40.5. The molecular formula is C52H61ClN8O4S4. The van der Waals surface area contributed by atoms with E-state index in [4.69, 9.17) is 26.8 Å². The third kappa shape index (κ3) is 12.4. The second-order valence-electron chi connectivity index (χ2n) is 19.7. The molecule has 2 aliphatic heterocycles. The number of rotatable bonds is 4. The van der Waals surface area contributed by atoms with Crippen molar-refractivity contribution in [1.29, 1.82) is 0 Å². The predicted octanol–water partition coefficient (Wildman–Crippen LogP) is 15.3. The van der Waals surface area contributed by atoms with E-state index in [1.807, 2.05) is 98.9 Å². The number of benzene rings is 2. The van der Waals surface area contributed by atoms with Crippen molar-refractivity contribution in [3.8, 4) is 0 Å². The predicted molar refractivity (Wildman–Crippen MR) is 289 cm³/mol. The molecule has 0 saturated carbocycles. The van der Waals surface area contributed by atoms with Crippen LogP contribution in [0.15, 0.2) is 84.1 Å². The Labute approximate surface area is 425 Å². The normalized spacial score (nSPS) is 19.0. The number of nitrogen functional groups attached to an aromatic ring is 1. The average molecular weight is 1030 g/mol. The third-order valence-electron chi connectivity index (χ3n) is 12.3. The zero-order chi connectivity index (χ0) is 49.0. The van der Waals surface area contributed by atoms with Gasteiger partial charge in [0.25, 0.3) is 0 Å². The molecule has 0 bridgehead atoms. The lowest BCUT2D eigenvalue weighted by molar-refractivity contribution is 0.0157. The molecule has 0 aliphatic carbocycles. The number of aromatic nitrogens is 4. The number of anilines is 3. The van der Waals surface area contributed by atoms with Crippen molar-refractivity contribution >= 4 is 127 Å². The maximum atomic E-state index is 12.9. The topological polar surface area (TPSA) is 149 Å². The smallest absolute Gasteiger partial charge is 0.410 e. The Morgan fingerprint density at radius 2 is 1.17 bits per heavy atom. The molecule has 2 saturated heterocycles. The quantitative estimate of drug-likeness (QED) is 0.163. The summed E-state index contributed by atoms with van der Waals surface area (Å²) in [7, 11) is 0. The molecule has 364 valence electrons. The van der Waals surface area contributed by atoms with Gasteiger partial charge in [-0.05, 0) is 142 Å². The molecule has 10 rings (SSSR count). The van der Waals surface area contributed by atoms with Gasteiger partial charge < -0.3 is 30.3 Å². The molecule has 8 heterocycles. The molecule has 69 heavy (non-hydrogen) atoms. The van der Waals surface area contributed by atoms with E-state index < -0.39 is 11.2 Å². The summed E-state index contributed by atoms with van der Waals surface area (Å²) in [6.07, 6.45) is 9.47. The van der Waals surface area contributed by atoms with Crippen LogP contribution in [0.25, 0.3) is 40.9 Å². The van der Waals surface area contributed by atoms with Crippen molar-refractivity contribution in [1.82, 2.24) is 29.7 Å². The largest absolute Gasteiger partial charge is 0.444 e. The summed E-state index contributed by atoms with van der Waals surface area (Å²) >= 11 is 13.0. The molecule has 3 N–H and O–H groups in total. The minimum atomic E-state index is -0.498. The molecular weight excluding hydrogens is 964 g/mol. The van der Waals surface area contributed by atoms with Crippen LogP contribution in [0, 0.1) is 0 Å². The van der Waals surface area contributed by atoms with Crippen LogP contribution in [0.5, 0.6) is 0 Å². The third-order valence-corrected chi connectivity index (χ3v) is 16.6. The fraction of sp³-hybridized carbons (Fsp3) is 0.423. The molecule has 0 radical (unpaired) electrons. The molecule has 0 spiro atoms. The molecule has 2 aromatic carbocycles. The number of pyridine rings is 2. The van der Waals surface area contributed by atoms with Crippen LogP contribution < -0.4 is 11.1 Å². The Balaban J connectivity index is 0.000000159. The number of halogens is 1. The second kappa shape index (κ2) is 21.5. The molecule has 4 unspecified atom stereocenters. The number of nitrogens with one attached hydrogen (secondary N) is 1. The maximum Gasteiger partial charge on any atom is 0.410 e. The summed E-state index contributed by atoms with van der Waals surface area (Å²) in [5.74, 6) is 0.540. The Bertz CT molecular complexity index is 3040. The Hall–Kier alpha value is -5.13. The van der Waals surface area contributed by atoms with Gasteiger partial charge in [-0.25, -0.2) is 29.5 Å². The first-order valence-corrected chi connectivity index (χ1v) is 27.3. The summed E-state index contributed by atoms with van der Waals surface area (Å²) < 4.78 is 13.7. The van der Waals surface area contributed by atoms with E-state index in [2.05, 4.69) is 69.4 Å². The van der Waals surface area contributed by atoms with Crippen LogP contribution in [0.2, 0.25) is 5.02 Å². The molecule has 17 heteroatoms. The standard InChI is InChI=1S/C26H30N4O2S2.C19H25ClN2O2S.C7H6N2S/c1-16-18(7-5-6-12-30(16)25(31)32-26(2,3)4)23-14-19-20(10-11-27-24(19)34-23)29-17-8-9-22-21(13-17)28-15-33-22;1-12-13(16-11-14-15(20)8-9-21-17(14)25-16)7-5-6-10-22(12)18(23)24-19(2,3)4;8-5-1-2-7-6(3-5)9-4-10-7/h8-11,13-16,18H,5-7,12H2,1-4H3,(H,27,29);8-9,11-13H,5-7,10H2,1-4H3;1-4H,8H2. The van der Waals surface area contributed by atoms with Gasteiger partial charge >= 0.3 is 12.2 Å². The van der Waals surface area contributed by atoms with Crippen molar-refractivity contribution in [3.05, 3.63) is 98.9 Å². The number of thiazole rings is 2. The molecule has 2 amide bonds. The van der Waals surface area contributed by atoms with Gasteiger partial charge in [0.1, 0.15) is 20.9 Å². The highest BCUT2D eigenvalue weighted by atomic mass is 35.5. The molecule has 6 aromatic heterocycles. The van der Waals surface area contributed by atoms with Gasteiger partial charge in [-0.15, -0.1) is 45.3 Å². The molecule has 12 nitrogen and oxygen atoms in total. The van der Waals surface area contributed by atoms with Gasteiger partial charge in [0.2, 0.25) is 0 Å². The van der Waals surface area contributed by atoms with Gasteiger partial charge in [0, 0.05) is 81.3 Å². The molecule has 4 atom stereocenters. The number of hydrogen-bond donors (Lipinski definition) is 2. The van der Waals surface area contributed by atoms with Crippen LogP contribution >= 0.6 is 56.9 Å². The van der Waals surface area contributed by atoms with Crippen LogP contribution in [0.4, 0.5) is 26.7 Å². The first kappa shape index (κ1) is 50.3. The fourth-order valence-electron chi connectivity index (χ4n) is 8.86. The van der Waals surface area contributed by atoms with E-state index in [-0.39, 0.29) is 36.1 Å². The average Bonchev–Trinajstić information content (AvgIpc) is 4.09. The van der Waals surface area contributed by atoms with Crippen LogP contribution in [-0.2, 0) is 9.47 Å².